The Bertz CT molecular complexity index is 325. The van der Waals surface area contributed by atoms with Crippen LogP contribution in [0.5, 0.6) is 0 Å². The molecule has 2 atom stereocenters. The Morgan fingerprint density at radius 1 is 1.21 bits per heavy atom. The number of hydrogen-bond acceptors (Lipinski definition) is 3. The van der Waals surface area contributed by atoms with Crippen molar-refractivity contribution in [1.29, 1.82) is 0 Å². The molecule has 0 saturated heterocycles. The molecule has 0 aromatic heterocycles. The second kappa shape index (κ2) is 3.69. The number of rotatable bonds is 2. The highest BCUT2D eigenvalue weighted by atomic mass is 16.7. The number of methoxy groups -OCH3 is 1. The first-order valence-corrected chi connectivity index (χ1v) is 4.67. The molecule has 0 spiro atoms. The van der Waals surface area contributed by atoms with E-state index in [0.29, 0.717) is 0 Å². The zero-order chi connectivity index (χ0) is 10.1. The van der Waals surface area contributed by atoms with Crippen LogP contribution in [0.3, 0.4) is 0 Å². The van der Waals surface area contributed by atoms with Crippen LogP contribution in [0, 0.1) is 0 Å². The van der Waals surface area contributed by atoms with E-state index >= 15 is 0 Å². The maximum absolute atomic E-state index is 5.75. The molecule has 1 aromatic carbocycles. The Hall–Kier alpha value is -0.900. The van der Waals surface area contributed by atoms with Crippen molar-refractivity contribution in [2.45, 2.75) is 12.5 Å². The van der Waals surface area contributed by atoms with Gasteiger partial charge in [-0.3, -0.25) is 4.90 Å². The lowest BCUT2D eigenvalue weighted by atomic mass is 10.1. The van der Waals surface area contributed by atoms with Gasteiger partial charge in [-0.15, -0.1) is 0 Å². The minimum atomic E-state index is -0.224. The Labute approximate surface area is 84.2 Å². The lowest BCUT2D eigenvalue weighted by Gasteiger charge is -2.19. The third kappa shape index (κ3) is 1.43. The van der Waals surface area contributed by atoms with E-state index < -0.39 is 0 Å². The molecule has 1 aliphatic heterocycles. The lowest BCUT2D eigenvalue weighted by molar-refractivity contribution is -0.175. The van der Waals surface area contributed by atoms with Crippen molar-refractivity contribution in [2.75, 3.05) is 21.2 Å². The summed E-state index contributed by atoms with van der Waals surface area (Å²) < 4.78 is 11.0. The summed E-state index contributed by atoms with van der Waals surface area (Å²) in [6, 6.07) is 8.16. The van der Waals surface area contributed by atoms with Crippen molar-refractivity contribution in [2.24, 2.45) is 0 Å². The van der Waals surface area contributed by atoms with Gasteiger partial charge in [-0.05, 0) is 14.1 Å². The van der Waals surface area contributed by atoms with E-state index in [9.17, 15) is 0 Å². The predicted molar refractivity (Wildman–Crippen MR) is 53.7 cm³/mol. The number of nitrogens with zero attached hydrogens (tertiary/aromatic N) is 1. The molecule has 0 amide bonds. The number of hydrogen-bond donors (Lipinski definition) is 0. The van der Waals surface area contributed by atoms with Gasteiger partial charge in [0.2, 0.25) is 0 Å². The van der Waals surface area contributed by atoms with Crippen LogP contribution in [0.4, 0.5) is 0 Å². The largest absolute Gasteiger partial charge is 0.352 e. The van der Waals surface area contributed by atoms with Crippen LogP contribution < -0.4 is 0 Å². The van der Waals surface area contributed by atoms with E-state index in [2.05, 4.69) is 6.07 Å². The summed E-state index contributed by atoms with van der Waals surface area (Å²) in [7, 11) is 5.67. The summed E-state index contributed by atoms with van der Waals surface area (Å²) >= 11 is 0. The van der Waals surface area contributed by atoms with Crippen molar-refractivity contribution in [3.8, 4) is 0 Å². The summed E-state index contributed by atoms with van der Waals surface area (Å²) in [5.74, 6) is 0. The van der Waals surface area contributed by atoms with Gasteiger partial charge in [0, 0.05) is 18.2 Å². The molecule has 3 nitrogen and oxygen atoms in total. The van der Waals surface area contributed by atoms with Gasteiger partial charge < -0.3 is 9.47 Å². The van der Waals surface area contributed by atoms with Gasteiger partial charge in [-0.25, -0.2) is 0 Å². The van der Waals surface area contributed by atoms with Gasteiger partial charge in [-0.1, -0.05) is 24.3 Å². The first-order valence-electron chi connectivity index (χ1n) is 4.67. The second-order valence-corrected chi connectivity index (χ2v) is 3.65. The molecule has 2 rings (SSSR count). The highest BCUT2D eigenvalue weighted by Gasteiger charge is 2.32. The third-order valence-electron chi connectivity index (χ3n) is 2.45. The van der Waals surface area contributed by atoms with Crippen molar-refractivity contribution in [1.82, 2.24) is 4.90 Å². The number of benzene rings is 1. The van der Waals surface area contributed by atoms with Crippen molar-refractivity contribution in [3.63, 3.8) is 0 Å². The lowest BCUT2D eigenvalue weighted by Crippen LogP contribution is -2.19. The highest BCUT2D eigenvalue weighted by Crippen LogP contribution is 2.39. The standard InChI is InChI=1S/C11H15NO2/c1-12(2)10-8-6-4-5-7-9(8)11(13-3)14-10/h4-7,10-11H,1-3H3. The Kier molecular flexibility index (Phi) is 2.54. The van der Waals surface area contributed by atoms with Crippen molar-refractivity contribution in [3.05, 3.63) is 35.4 Å². The second-order valence-electron chi connectivity index (χ2n) is 3.65. The predicted octanol–water partition coefficient (Wildman–Crippen LogP) is 1.92. The molecule has 0 aliphatic carbocycles. The summed E-state index contributed by atoms with van der Waals surface area (Å²) in [6.45, 7) is 0. The molecule has 0 bridgehead atoms. The monoisotopic (exact) mass is 193 g/mol. The molecule has 1 heterocycles. The Morgan fingerprint density at radius 3 is 2.43 bits per heavy atom. The van der Waals surface area contributed by atoms with E-state index in [1.165, 1.54) is 5.56 Å². The molecule has 0 saturated carbocycles. The van der Waals surface area contributed by atoms with Gasteiger partial charge in [0.15, 0.2) is 6.29 Å². The number of fused-ring (bicyclic) bond motifs is 1. The van der Waals surface area contributed by atoms with Crippen LogP contribution in [-0.2, 0) is 9.47 Å². The molecule has 3 heteroatoms. The molecule has 0 fully saturated rings. The summed E-state index contributed by atoms with van der Waals surface area (Å²) in [5, 5.41) is 0. The topological polar surface area (TPSA) is 21.7 Å². The fraction of sp³-hybridized carbons (Fsp3) is 0.455. The normalized spacial score (nSPS) is 25.4. The fourth-order valence-corrected chi connectivity index (χ4v) is 1.80. The van der Waals surface area contributed by atoms with E-state index in [4.69, 9.17) is 9.47 Å². The van der Waals surface area contributed by atoms with E-state index in [0.717, 1.165) is 5.56 Å². The Morgan fingerprint density at radius 2 is 1.86 bits per heavy atom. The minimum Gasteiger partial charge on any atom is -0.352 e. The molecule has 14 heavy (non-hydrogen) atoms. The molecule has 76 valence electrons. The fourth-order valence-electron chi connectivity index (χ4n) is 1.80. The first-order chi connectivity index (χ1) is 6.74. The van der Waals surface area contributed by atoms with Gasteiger partial charge in [0.05, 0.1) is 0 Å². The summed E-state index contributed by atoms with van der Waals surface area (Å²) in [5.41, 5.74) is 2.33. The van der Waals surface area contributed by atoms with Gasteiger partial charge >= 0.3 is 0 Å². The summed E-state index contributed by atoms with van der Waals surface area (Å²) in [6.07, 6.45) is -0.213. The van der Waals surface area contributed by atoms with E-state index in [1.807, 2.05) is 37.2 Å². The minimum absolute atomic E-state index is 0.0103. The molecule has 2 unspecified atom stereocenters. The SMILES string of the molecule is COC1OC(N(C)C)c2ccccc21. The van der Waals surface area contributed by atoms with E-state index in [-0.39, 0.29) is 12.5 Å². The molecule has 0 N–H and O–H groups in total. The molecular formula is C11H15NO2. The average Bonchev–Trinajstić information content (AvgIpc) is 2.56. The van der Waals surface area contributed by atoms with Crippen LogP contribution in [0.25, 0.3) is 0 Å². The Balaban J connectivity index is 2.38. The van der Waals surface area contributed by atoms with Crippen LogP contribution in [-0.4, -0.2) is 26.1 Å². The quantitative estimate of drug-likeness (QED) is 0.716. The zero-order valence-corrected chi connectivity index (χ0v) is 8.73. The average molecular weight is 193 g/mol. The van der Waals surface area contributed by atoms with Gasteiger partial charge in [0.1, 0.15) is 6.23 Å². The third-order valence-corrected chi connectivity index (χ3v) is 2.45. The van der Waals surface area contributed by atoms with Crippen LogP contribution in [0.2, 0.25) is 0 Å². The first kappa shape index (κ1) is 9.65. The zero-order valence-electron chi connectivity index (χ0n) is 8.73. The highest BCUT2D eigenvalue weighted by molar-refractivity contribution is 5.32. The van der Waals surface area contributed by atoms with Crippen LogP contribution in [0.1, 0.15) is 23.6 Å². The molecular weight excluding hydrogens is 178 g/mol. The van der Waals surface area contributed by atoms with Crippen molar-refractivity contribution < 1.29 is 9.47 Å². The summed E-state index contributed by atoms with van der Waals surface area (Å²) in [4.78, 5) is 2.04. The maximum atomic E-state index is 5.75. The van der Waals surface area contributed by atoms with Crippen LogP contribution in [0.15, 0.2) is 24.3 Å². The number of ether oxygens (including phenoxy) is 2. The molecule has 1 aliphatic rings. The van der Waals surface area contributed by atoms with Crippen molar-refractivity contribution >= 4 is 0 Å². The van der Waals surface area contributed by atoms with Gasteiger partial charge in [0.25, 0.3) is 0 Å². The van der Waals surface area contributed by atoms with Crippen LogP contribution >= 0.6 is 0 Å². The molecule has 1 aromatic rings. The maximum Gasteiger partial charge on any atom is 0.186 e. The van der Waals surface area contributed by atoms with E-state index in [1.54, 1.807) is 7.11 Å². The smallest absolute Gasteiger partial charge is 0.186 e. The van der Waals surface area contributed by atoms with Gasteiger partial charge in [-0.2, -0.15) is 0 Å². The molecule has 0 radical (unpaired) electrons.